The molecule has 0 N–H and O–H groups in total. The number of halogens is 2. The molecular formula is C21H13ClFN3O3S. The lowest BCUT2D eigenvalue weighted by atomic mass is 9.99. The van der Waals surface area contributed by atoms with Gasteiger partial charge in [0.25, 0.3) is 5.91 Å². The molecule has 0 unspecified atom stereocenters. The van der Waals surface area contributed by atoms with Gasteiger partial charge in [-0.05, 0) is 42.3 Å². The zero-order chi connectivity index (χ0) is 21.0. The summed E-state index contributed by atoms with van der Waals surface area (Å²) < 4.78 is 19.4. The Morgan fingerprint density at radius 3 is 2.63 bits per heavy atom. The van der Waals surface area contributed by atoms with Crippen LogP contribution in [-0.4, -0.2) is 16.1 Å². The number of rotatable bonds is 3. The summed E-state index contributed by atoms with van der Waals surface area (Å²) in [7, 11) is 0. The number of aryl methyl sites for hydroxylation is 1. The fourth-order valence-corrected chi connectivity index (χ4v) is 4.56. The van der Waals surface area contributed by atoms with Crippen molar-refractivity contribution < 1.29 is 13.6 Å². The number of anilines is 1. The highest BCUT2D eigenvalue weighted by Crippen LogP contribution is 2.42. The van der Waals surface area contributed by atoms with Crippen molar-refractivity contribution in [2.45, 2.75) is 19.4 Å². The summed E-state index contributed by atoms with van der Waals surface area (Å²) in [5.41, 5.74) is 0.641. The van der Waals surface area contributed by atoms with E-state index < -0.39 is 17.8 Å². The molecule has 0 saturated heterocycles. The zero-order valence-corrected chi connectivity index (χ0v) is 17.1. The highest BCUT2D eigenvalue weighted by Gasteiger charge is 2.45. The molecule has 0 bridgehead atoms. The van der Waals surface area contributed by atoms with Crippen LogP contribution in [0.4, 0.5) is 9.52 Å². The Morgan fingerprint density at radius 1 is 1.17 bits per heavy atom. The third kappa shape index (κ3) is 2.83. The molecule has 0 fully saturated rings. The number of hydrogen-bond donors (Lipinski definition) is 0. The van der Waals surface area contributed by atoms with Crippen LogP contribution in [0.3, 0.4) is 0 Å². The van der Waals surface area contributed by atoms with Crippen LogP contribution in [0.1, 0.15) is 39.7 Å². The SMILES string of the molecule is CCc1nnc(N2C(=O)c3oc4ccc(Cl)cc4c(=O)c3[C@@H]2c2ccc(F)cc2)s1. The second-order valence-corrected chi connectivity index (χ2v) is 8.25. The standard InChI is InChI=1S/C21H13ClFN3O3S/c1-2-15-24-25-21(30-15)26-17(10-3-6-12(23)7-4-10)16-18(27)13-9-11(22)5-8-14(13)29-19(16)20(26)28/h3-9,17H,2H2,1H3/t17-/m0/s1. The molecule has 30 heavy (non-hydrogen) atoms. The van der Waals surface area contributed by atoms with E-state index in [0.29, 0.717) is 22.1 Å². The first-order valence-corrected chi connectivity index (χ1v) is 10.3. The van der Waals surface area contributed by atoms with E-state index in [1.165, 1.54) is 34.4 Å². The van der Waals surface area contributed by atoms with Crippen LogP contribution >= 0.6 is 22.9 Å². The maximum absolute atomic E-state index is 13.6. The Hall–Kier alpha value is -3.10. The van der Waals surface area contributed by atoms with E-state index in [-0.39, 0.29) is 27.7 Å². The summed E-state index contributed by atoms with van der Waals surface area (Å²) in [6, 6.07) is 9.50. The third-order valence-electron chi connectivity index (χ3n) is 4.98. The zero-order valence-electron chi connectivity index (χ0n) is 15.6. The van der Waals surface area contributed by atoms with Crippen molar-refractivity contribution in [1.82, 2.24) is 10.2 Å². The first kappa shape index (κ1) is 18.9. The maximum atomic E-state index is 13.6. The Bertz CT molecular complexity index is 1370. The van der Waals surface area contributed by atoms with Gasteiger partial charge >= 0.3 is 0 Å². The molecule has 5 rings (SSSR count). The number of carbonyl (C=O) groups excluding carboxylic acids is 1. The monoisotopic (exact) mass is 441 g/mol. The number of fused-ring (bicyclic) bond motifs is 2. The van der Waals surface area contributed by atoms with Crippen molar-refractivity contribution in [3.8, 4) is 0 Å². The number of aromatic nitrogens is 2. The Labute approximate surface area is 178 Å². The average molecular weight is 442 g/mol. The van der Waals surface area contributed by atoms with Gasteiger partial charge in [-0.1, -0.05) is 42.0 Å². The minimum absolute atomic E-state index is 0.0580. The Balaban J connectivity index is 1.80. The van der Waals surface area contributed by atoms with Gasteiger partial charge in [0.1, 0.15) is 16.4 Å². The molecule has 1 aliphatic rings. The molecular weight excluding hydrogens is 429 g/mol. The van der Waals surface area contributed by atoms with E-state index in [4.69, 9.17) is 16.0 Å². The molecule has 0 aliphatic carbocycles. The Kier molecular flexibility index (Phi) is 4.41. The van der Waals surface area contributed by atoms with Crippen molar-refractivity contribution in [3.05, 3.63) is 85.4 Å². The number of hydrogen-bond acceptors (Lipinski definition) is 6. The van der Waals surface area contributed by atoms with Gasteiger partial charge in [-0.25, -0.2) is 4.39 Å². The van der Waals surface area contributed by atoms with Gasteiger partial charge in [0.05, 0.1) is 17.0 Å². The minimum Gasteiger partial charge on any atom is -0.450 e. The lowest BCUT2D eigenvalue weighted by Crippen LogP contribution is -2.29. The van der Waals surface area contributed by atoms with E-state index in [0.717, 1.165) is 5.01 Å². The molecule has 1 atom stereocenters. The average Bonchev–Trinajstić information content (AvgIpc) is 3.32. The number of amides is 1. The van der Waals surface area contributed by atoms with Gasteiger partial charge < -0.3 is 4.42 Å². The topological polar surface area (TPSA) is 76.3 Å². The molecule has 0 radical (unpaired) electrons. The highest BCUT2D eigenvalue weighted by molar-refractivity contribution is 7.15. The summed E-state index contributed by atoms with van der Waals surface area (Å²) in [5.74, 6) is -0.971. The number of benzene rings is 2. The van der Waals surface area contributed by atoms with Gasteiger partial charge in [-0.3, -0.25) is 14.5 Å². The quantitative estimate of drug-likeness (QED) is 0.458. The fraction of sp³-hybridized carbons (Fsp3) is 0.143. The molecule has 2 aromatic heterocycles. The summed E-state index contributed by atoms with van der Waals surface area (Å²) in [5, 5.41) is 9.99. The van der Waals surface area contributed by atoms with E-state index >= 15 is 0 Å². The molecule has 2 aromatic carbocycles. The van der Waals surface area contributed by atoms with Crippen molar-refractivity contribution in [3.63, 3.8) is 0 Å². The Morgan fingerprint density at radius 2 is 1.93 bits per heavy atom. The van der Waals surface area contributed by atoms with E-state index in [2.05, 4.69) is 10.2 Å². The molecule has 6 nitrogen and oxygen atoms in total. The van der Waals surface area contributed by atoms with Crippen LogP contribution < -0.4 is 10.3 Å². The van der Waals surface area contributed by atoms with Crippen molar-refractivity contribution >= 4 is 44.9 Å². The summed E-state index contributed by atoms with van der Waals surface area (Å²) in [6.45, 7) is 1.93. The molecule has 0 saturated carbocycles. The van der Waals surface area contributed by atoms with Crippen LogP contribution in [-0.2, 0) is 6.42 Å². The van der Waals surface area contributed by atoms with E-state index in [1.54, 1.807) is 24.3 Å². The number of carbonyl (C=O) groups is 1. The molecule has 0 spiro atoms. The van der Waals surface area contributed by atoms with Crippen LogP contribution in [0, 0.1) is 5.82 Å². The summed E-state index contributed by atoms with van der Waals surface area (Å²) in [4.78, 5) is 28.1. The van der Waals surface area contributed by atoms with E-state index in [1.807, 2.05) is 6.92 Å². The second kappa shape index (κ2) is 7.00. The van der Waals surface area contributed by atoms with Crippen LogP contribution in [0.25, 0.3) is 11.0 Å². The number of nitrogens with zero attached hydrogens (tertiary/aromatic N) is 3. The molecule has 9 heteroatoms. The molecule has 1 amide bonds. The van der Waals surface area contributed by atoms with E-state index in [9.17, 15) is 14.0 Å². The third-order valence-corrected chi connectivity index (χ3v) is 6.28. The van der Waals surface area contributed by atoms with Gasteiger partial charge in [0.15, 0.2) is 5.43 Å². The highest BCUT2D eigenvalue weighted by atomic mass is 35.5. The summed E-state index contributed by atoms with van der Waals surface area (Å²) in [6.07, 6.45) is 0.660. The van der Waals surface area contributed by atoms with Crippen molar-refractivity contribution in [2.24, 2.45) is 0 Å². The molecule has 4 aromatic rings. The predicted molar refractivity (Wildman–Crippen MR) is 112 cm³/mol. The minimum atomic E-state index is -0.814. The predicted octanol–water partition coefficient (Wildman–Crippen LogP) is 4.75. The smallest absolute Gasteiger partial charge is 0.297 e. The second-order valence-electron chi connectivity index (χ2n) is 6.78. The molecule has 1 aliphatic heterocycles. The van der Waals surface area contributed by atoms with Gasteiger partial charge in [-0.2, -0.15) is 0 Å². The maximum Gasteiger partial charge on any atom is 0.297 e. The van der Waals surface area contributed by atoms with Gasteiger partial charge in [0.2, 0.25) is 10.9 Å². The lowest BCUT2D eigenvalue weighted by Gasteiger charge is -2.22. The molecule has 3 heterocycles. The largest absolute Gasteiger partial charge is 0.450 e. The normalized spacial score (nSPS) is 15.8. The van der Waals surface area contributed by atoms with Crippen molar-refractivity contribution in [1.29, 1.82) is 0 Å². The lowest BCUT2D eigenvalue weighted by molar-refractivity contribution is 0.0970. The first-order valence-electron chi connectivity index (χ1n) is 9.15. The van der Waals surface area contributed by atoms with Crippen molar-refractivity contribution in [2.75, 3.05) is 4.90 Å². The van der Waals surface area contributed by atoms with Crippen LogP contribution in [0.15, 0.2) is 51.7 Å². The fourth-order valence-electron chi connectivity index (χ4n) is 3.59. The van der Waals surface area contributed by atoms with Gasteiger partial charge in [0, 0.05) is 5.02 Å². The van der Waals surface area contributed by atoms with Crippen LogP contribution in [0.5, 0.6) is 0 Å². The first-order chi connectivity index (χ1) is 14.5. The van der Waals surface area contributed by atoms with Gasteiger partial charge in [-0.15, -0.1) is 10.2 Å². The van der Waals surface area contributed by atoms with Crippen LogP contribution in [0.2, 0.25) is 5.02 Å². The molecule has 150 valence electrons. The summed E-state index contributed by atoms with van der Waals surface area (Å²) >= 11 is 7.33.